The Morgan fingerprint density at radius 3 is 1.86 bits per heavy atom. The number of nitrogens with two attached hydrogens (primary N) is 1. The van der Waals surface area contributed by atoms with Crippen LogP contribution in [0.15, 0.2) is 18.2 Å². The molecule has 0 unspecified atom stereocenters. The van der Waals surface area contributed by atoms with E-state index in [1.165, 1.54) is 25.1 Å². The van der Waals surface area contributed by atoms with E-state index in [-0.39, 0.29) is 24.5 Å². The highest BCUT2D eigenvalue weighted by molar-refractivity contribution is 5.76. The van der Waals surface area contributed by atoms with Crippen molar-refractivity contribution in [2.24, 2.45) is 5.73 Å². The van der Waals surface area contributed by atoms with Crippen molar-refractivity contribution in [3.8, 4) is 11.5 Å². The summed E-state index contributed by atoms with van der Waals surface area (Å²) in [6.07, 6.45) is -4.56. The number of esters is 1. The Hall–Kier alpha value is -3.54. The topological polar surface area (TPSA) is 159 Å². The molecule has 0 heterocycles. The van der Waals surface area contributed by atoms with Crippen molar-refractivity contribution in [3.05, 3.63) is 23.8 Å². The standard InChI is InChI=1S/C25H37NO11/c1-14(2)32-23(29)35-19-10-9-17(12-20(19)36-24(30)33-15(3)4)11-18(26)21(27)34-16(5)13-31-22(28)37-25(6,7)8/h9-10,12,14-16,18H,11,13,26H2,1-8H3/t16-,18-/m0/s1. The lowest BCUT2D eigenvalue weighted by Crippen LogP contribution is -2.37. The predicted octanol–water partition coefficient (Wildman–Crippen LogP) is 4.29. The smallest absolute Gasteiger partial charge is 0.458 e. The largest absolute Gasteiger partial charge is 0.514 e. The maximum atomic E-state index is 12.4. The molecule has 0 saturated carbocycles. The van der Waals surface area contributed by atoms with Crippen molar-refractivity contribution in [1.82, 2.24) is 0 Å². The first-order chi connectivity index (χ1) is 17.1. The van der Waals surface area contributed by atoms with E-state index >= 15 is 0 Å². The second-order valence-electron chi connectivity index (χ2n) is 9.65. The van der Waals surface area contributed by atoms with Gasteiger partial charge < -0.3 is 38.9 Å². The van der Waals surface area contributed by atoms with Crippen LogP contribution < -0.4 is 15.2 Å². The normalized spacial score (nSPS) is 12.8. The fraction of sp³-hybridized carbons (Fsp3) is 0.600. The molecule has 0 amide bonds. The molecule has 2 atom stereocenters. The first-order valence-electron chi connectivity index (χ1n) is 11.8. The number of carbonyl (C=O) groups is 4. The molecule has 12 heteroatoms. The van der Waals surface area contributed by atoms with E-state index in [9.17, 15) is 19.2 Å². The van der Waals surface area contributed by atoms with Gasteiger partial charge in [0.05, 0.1) is 12.2 Å². The molecule has 0 fully saturated rings. The van der Waals surface area contributed by atoms with Gasteiger partial charge in [-0.1, -0.05) is 6.07 Å². The average Bonchev–Trinajstić information content (AvgIpc) is 2.71. The van der Waals surface area contributed by atoms with E-state index in [1.54, 1.807) is 48.5 Å². The van der Waals surface area contributed by atoms with Crippen LogP contribution >= 0.6 is 0 Å². The van der Waals surface area contributed by atoms with Crippen LogP contribution in [0.1, 0.15) is 61.0 Å². The van der Waals surface area contributed by atoms with Gasteiger partial charge >= 0.3 is 24.4 Å². The number of carbonyl (C=O) groups excluding carboxylic acids is 4. The van der Waals surface area contributed by atoms with Crippen LogP contribution in [0.25, 0.3) is 0 Å². The Kier molecular flexibility index (Phi) is 12.1. The van der Waals surface area contributed by atoms with Gasteiger partial charge in [-0.15, -0.1) is 0 Å². The van der Waals surface area contributed by atoms with Crippen molar-refractivity contribution >= 4 is 24.4 Å². The fourth-order valence-electron chi connectivity index (χ4n) is 2.58. The molecule has 1 aromatic carbocycles. The van der Waals surface area contributed by atoms with Crippen molar-refractivity contribution in [2.45, 2.75) is 91.8 Å². The molecule has 0 aliphatic rings. The summed E-state index contributed by atoms with van der Waals surface area (Å²) in [6.45, 7) is 13.0. The summed E-state index contributed by atoms with van der Waals surface area (Å²) in [5.41, 5.74) is 5.73. The van der Waals surface area contributed by atoms with Gasteiger partial charge in [-0.25, -0.2) is 14.4 Å². The van der Waals surface area contributed by atoms with Crippen LogP contribution in [0, 0.1) is 0 Å². The third kappa shape index (κ3) is 13.4. The van der Waals surface area contributed by atoms with E-state index in [0.717, 1.165) is 0 Å². The van der Waals surface area contributed by atoms with Crippen LogP contribution in [0.5, 0.6) is 11.5 Å². The molecule has 0 spiro atoms. The van der Waals surface area contributed by atoms with Gasteiger partial charge in [0.2, 0.25) is 0 Å². The Bertz CT molecular complexity index is 937. The number of benzene rings is 1. The van der Waals surface area contributed by atoms with Crippen LogP contribution in [-0.2, 0) is 34.9 Å². The van der Waals surface area contributed by atoms with Crippen LogP contribution in [-0.4, -0.2) is 61.0 Å². The summed E-state index contributed by atoms with van der Waals surface area (Å²) in [6, 6.07) is 3.17. The third-order valence-electron chi connectivity index (χ3n) is 3.96. The molecule has 0 bridgehead atoms. The first kappa shape index (κ1) is 31.5. The highest BCUT2D eigenvalue weighted by Gasteiger charge is 2.23. The van der Waals surface area contributed by atoms with E-state index in [0.29, 0.717) is 5.56 Å². The van der Waals surface area contributed by atoms with Crippen molar-refractivity contribution in [3.63, 3.8) is 0 Å². The van der Waals surface area contributed by atoms with Gasteiger partial charge in [-0.3, -0.25) is 4.79 Å². The van der Waals surface area contributed by atoms with Crippen LogP contribution in [0.2, 0.25) is 0 Å². The Labute approximate surface area is 216 Å². The highest BCUT2D eigenvalue weighted by Crippen LogP contribution is 2.30. The number of rotatable bonds is 10. The molecule has 12 nitrogen and oxygen atoms in total. The lowest BCUT2D eigenvalue weighted by molar-refractivity contribution is -0.152. The monoisotopic (exact) mass is 527 g/mol. The lowest BCUT2D eigenvalue weighted by Gasteiger charge is -2.20. The number of hydrogen-bond acceptors (Lipinski definition) is 12. The zero-order valence-corrected chi connectivity index (χ0v) is 22.5. The molecule has 208 valence electrons. The zero-order chi connectivity index (χ0) is 28.3. The molecule has 0 aromatic heterocycles. The zero-order valence-electron chi connectivity index (χ0n) is 22.5. The molecule has 2 N–H and O–H groups in total. The summed E-state index contributed by atoms with van der Waals surface area (Å²) >= 11 is 0. The number of ether oxygens (including phenoxy) is 7. The minimum absolute atomic E-state index is 0.00914. The summed E-state index contributed by atoms with van der Waals surface area (Å²) < 4.78 is 35.4. The first-order valence-corrected chi connectivity index (χ1v) is 11.8. The molecule has 0 aliphatic carbocycles. The fourth-order valence-corrected chi connectivity index (χ4v) is 2.58. The molecule has 0 saturated heterocycles. The van der Waals surface area contributed by atoms with Crippen molar-refractivity contribution in [1.29, 1.82) is 0 Å². The van der Waals surface area contributed by atoms with Gasteiger partial charge in [0.15, 0.2) is 11.5 Å². The Morgan fingerprint density at radius 1 is 0.811 bits per heavy atom. The van der Waals surface area contributed by atoms with Crippen LogP contribution in [0.3, 0.4) is 0 Å². The summed E-state index contributed by atoms with van der Waals surface area (Å²) in [5, 5.41) is 0. The van der Waals surface area contributed by atoms with E-state index < -0.39 is 54.4 Å². The summed E-state index contributed by atoms with van der Waals surface area (Å²) in [4.78, 5) is 48.0. The van der Waals surface area contributed by atoms with Crippen LogP contribution in [0.4, 0.5) is 14.4 Å². The minimum atomic E-state index is -1.10. The summed E-state index contributed by atoms with van der Waals surface area (Å²) in [7, 11) is 0. The molecule has 1 rings (SSSR count). The minimum Gasteiger partial charge on any atom is -0.458 e. The maximum absolute atomic E-state index is 12.4. The van der Waals surface area contributed by atoms with Crippen molar-refractivity contribution < 1.29 is 52.3 Å². The predicted molar refractivity (Wildman–Crippen MR) is 130 cm³/mol. The second kappa shape index (κ2) is 14.3. The highest BCUT2D eigenvalue weighted by atomic mass is 16.8. The quantitative estimate of drug-likeness (QED) is 0.262. The molecule has 37 heavy (non-hydrogen) atoms. The SMILES string of the molecule is CC(C)OC(=O)Oc1ccc(C[C@H](N)C(=O)O[C@@H](C)COC(=O)OC(C)(C)C)cc1OC(=O)OC(C)C. The second-order valence-corrected chi connectivity index (χ2v) is 9.65. The molecular formula is C25H37NO11. The van der Waals surface area contributed by atoms with Gasteiger partial charge in [0, 0.05) is 0 Å². The Morgan fingerprint density at radius 2 is 1.35 bits per heavy atom. The summed E-state index contributed by atoms with van der Waals surface area (Å²) in [5.74, 6) is -0.981. The molecule has 0 radical (unpaired) electrons. The average molecular weight is 528 g/mol. The van der Waals surface area contributed by atoms with Crippen molar-refractivity contribution in [2.75, 3.05) is 6.61 Å². The maximum Gasteiger partial charge on any atom is 0.514 e. The third-order valence-corrected chi connectivity index (χ3v) is 3.96. The van der Waals surface area contributed by atoms with Gasteiger partial charge in [0.1, 0.15) is 24.4 Å². The Balaban J connectivity index is 2.85. The molecular weight excluding hydrogens is 490 g/mol. The van der Waals surface area contributed by atoms with Gasteiger partial charge in [0.25, 0.3) is 0 Å². The van der Waals surface area contributed by atoms with E-state index in [1.807, 2.05) is 0 Å². The van der Waals surface area contributed by atoms with Gasteiger partial charge in [-0.2, -0.15) is 0 Å². The molecule has 1 aromatic rings. The number of hydrogen-bond donors (Lipinski definition) is 1. The molecule has 0 aliphatic heterocycles. The van der Waals surface area contributed by atoms with Gasteiger partial charge in [-0.05, 0) is 79.5 Å². The van der Waals surface area contributed by atoms with E-state index in [2.05, 4.69) is 0 Å². The van der Waals surface area contributed by atoms with E-state index in [4.69, 9.17) is 38.9 Å². The lowest BCUT2D eigenvalue weighted by atomic mass is 10.1.